The van der Waals surface area contributed by atoms with Crippen molar-refractivity contribution < 1.29 is 35.0 Å². The van der Waals surface area contributed by atoms with Crippen LogP contribution in [-0.4, -0.2) is 81.9 Å². The number of benzene rings is 2. The second-order valence-corrected chi connectivity index (χ2v) is 18.6. The molecule has 10 nitrogen and oxygen atoms in total. The Labute approximate surface area is 362 Å². The van der Waals surface area contributed by atoms with E-state index in [9.17, 15) is 25.5 Å². The van der Waals surface area contributed by atoms with Gasteiger partial charge in [0.1, 0.15) is 12.2 Å². The van der Waals surface area contributed by atoms with Gasteiger partial charge in [0.15, 0.2) is 29.4 Å². The van der Waals surface area contributed by atoms with Crippen molar-refractivity contribution in [3.05, 3.63) is 113 Å². The van der Waals surface area contributed by atoms with E-state index in [1.807, 2.05) is 42.5 Å². The Morgan fingerprint density at radius 1 is 1.10 bits per heavy atom. The number of aliphatic hydroxyl groups is 4. The number of aliphatic imine (C=N–C) groups is 1. The van der Waals surface area contributed by atoms with Crippen molar-refractivity contribution in [2.75, 3.05) is 26.3 Å². The van der Waals surface area contributed by atoms with Crippen LogP contribution < -0.4 is 15.8 Å². The molecule has 328 valence electrons. The van der Waals surface area contributed by atoms with E-state index in [0.717, 1.165) is 98.4 Å². The predicted octanol–water partition coefficient (Wildman–Crippen LogP) is 7.22. The van der Waals surface area contributed by atoms with E-state index >= 15 is 0 Å². The van der Waals surface area contributed by atoms with Crippen LogP contribution in [0.5, 0.6) is 11.5 Å². The summed E-state index contributed by atoms with van der Waals surface area (Å²) in [5.74, 6) is 3.22. The van der Waals surface area contributed by atoms with Crippen LogP contribution in [-0.2, 0) is 11.2 Å². The van der Waals surface area contributed by atoms with Gasteiger partial charge in [0, 0.05) is 43.2 Å². The molecule has 0 aromatic heterocycles. The fourth-order valence-electron chi connectivity index (χ4n) is 11.1. The molecule has 2 aromatic rings. The second kappa shape index (κ2) is 19.6. The van der Waals surface area contributed by atoms with E-state index < -0.39 is 18.3 Å². The van der Waals surface area contributed by atoms with Gasteiger partial charge in [-0.1, -0.05) is 98.9 Å². The monoisotopic (exact) mass is 833 g/mol. The zero-order valence-electron chi connectivity index (χ0n) is 35.8. The summed E-state index contributed by atoms with van der Waals surface area (Å²) in [7, 11) is 0. The molecule has 5 aliphatic carbocycles. The van der Waals surface area contributed by atoms with Crippen LogP contribution in [0, 0.1) is 41.0 Å². The molecule has 0 radical (unpaired) electrons. The van der Waals surface area contributed by atoms with Gasteiger partial charge in [0.2, 0.25) is 0 Å². The first-order valence-corrected chi connectivity index (χ1v) is 23.0. The van der Waals surface area contributed by atoms with Crippen LogP contribution in [0.15, 0.2) is 89.2 Å². The van der Waals surface area contributed by atoms with Crippen LogP contribution in [0.25, 0.3) is 6.08 Å². The number of aryl methyl sites for hydroxylation is 1. The van der Waals surface area contributed by atoms with E-state index in [0.29, 0.717) is 37.1 Å². The van der Waals surface area contributed by atoms with Crippen LogP contribution in [0.2, 0.25) is 0 Å². The van der Waals surface area contributed by atoms with E-state index in [2.05, 4.69) is 35.7 Å². The predicted molar refractivity (Wildman–Crippen MR) is 239 cm³/mol. The lowest BCUT2D eigenvalue weighted by Gasteiger charge is -2.39. The van der Waals surface area contributed by atoms with Gasteiger partial charge in [-0.25, -0.2) is 0 Å². The number of phenols is 1. The molecule has 2 heterocycles. The highest BCUT2D eigenvalue weighted by molar-refractivity contribution is 6.07. The third-order valence-electron chi connectivity index (χ3n) is 14.4. The third-order valence-corrected chi connectivity index (χ3v) is 14.4. The maximum Gasteiger partial charge on any atom is 0.196 e. The molecular formula is C51H67N3O7. The lowest BCUT2D eigenvalue weighted by atomic mass is 9.64. The topological polar surface area (TPSA) is 170 Å². The number of nitrogens with two attached hydrogens (primary N) is 1. The molecule has 2 fully saturated rings. The summed E-state index contributed by atoms with van der Waals surface area (Å²) in [6.07, 6.45) is 23.8. The first-order chi connectivity index (χ1) is 29.6. The smallest absolute Gasteiger partial charge is 0.196 e. The minimum Gasteiger partial charge on any atom is -0.592 e. The lowest BCUT2D eigenvalue weighted by molar-refractivity contribution is 0.119. The molecule has 2 saturated carbocycles. The van der Waals surface area contributed by atoms with Gasteiger partial charge in [-0.05, 0) is 86.6 Å². The molecule has 1 spiro atoms. The number of allylic oxidation sites excluding steroid dienone is 3. The average Bonchev–Trinajstić information content (AvgIpc) is 3.98. The van der Waals surface area contributed by atoms with Gasteiger partial charge < -0.3 is 46.1 Å². The zero-order valence-corrected chi connectivity index (χ0v) is 35.8. The van der Waals surface area contributed by atoms with Crippen LogP contribution in [0.1, 0.15) is 107 Å². The Kier molecular flexibility index (Phi) is 14.0. The number of ether oxygens (including phenoxy) is 2. The van der Waals surface area contributed by atoms with Gasteiger partial charge in [-0.3, -0.25) is 0 Å². The van der Waals surface area contributed by atoms with Crippen molar-refractivity contribution in [3.8, 4) is 11.5 Å². The van der Waals surface area contributed by atoms with Gasteiger partial charge in [-0.2, -0.15) is 12.0 Å². The van der Waals surface area contributed by atoms with E-state index in [1.165, 1.54) is 18.4 Å². The quantitative estimate of drug-likeness (QED) is 0.0390. The van der Waals surface area contributed by atoms with Crippen molar-refractivity contribution in [2.24, 2.45) is 39.8 Å². The van der Waals surface area contributed by atoms with Crippen LogP contribution in [0.3, 0.4) is 0 Å². The molecule has 2 aliphatic heterocycles. The minimum atomic E-state index is -0.961. The molecule has 10 heteroatoms. The summed E-state index contributed by atoms with van der Waals surface area (Å²) in [6.45, 7) is 3.02. The Bertz CT molecular complexity index is 1970. The summed E-state index contributed by atoms with van der Waals surface area (Å²) in [5, 5.41) is 56.5. The number of fused-ring (bicyclic) bond motifs is 1. The molecule has 7 aliphatic rings. The molecule has 2 bridgehead atoms. The highest BCUT2D eigenvalue weighted by Crippen LogP contribution is 2.60. The minimum absolute atomic E-state index is 0.0147. The Morgan fingerprint density at radius 3 is 2.80 bits per heavy atom. The summed E-state index contributed by atoms with van der Waals surface area (Å²) in [4.78, 5) is 5.04. The summed E-state index contributed by atoms with van der Waals surface area (Å²) >= 11 is 0. The SMILES string of the molecule is CC(O)CNCC1C2=C[C+](C(O)COc3cc(CCC4=C[C-](CO)C(CCCCCCC(N)CC5C=Cc6ccccc6C5O)O4)ccc3O)N=C2C2C=CC13CCCC3C2. The number of nitrogens with one attached hydrogen (secondary N) is 1. The van der Waals surface area contributed by atoms with E-state index in [-0.39, 0.29) is 54.3 Å². The van der Waals surface area contributed by atoms with Crippen molar-refractivity contribution in [3.63, 3.8) is 0 Å². The first kappa shape index (κ1) is 43.6. The van der Waals surface area contributed by atoms with Gasteiger partial charge in [0.05, 0.1) is 30.1 Å². The summed E-state index contributed by atoms with van der Waals surface area (Å²) in [6, 6.07) is 14.0. The van der Waals surface area contributed by atoms with E-state index in [1.54, 1.807) is 13.0 Å². The summed E-state index contributed by atoms with van der Waals surface area (Å²) < 4.78 is 12.4. The number of hydrogen-bond donors (Lipinski definition) is 7. The Morgan fingerprint density at radius 2 is 1.95 bits per heavy atom. The molecular weight excluding hydrogens is 767 g/mol. The molecule has 10 unspecified atom stereocenters. The standard InChI is InChI=1S/C51H67N3O7/c1-32(56)28-53-29-43-42-27-44(54-49(42)35-20-22-51(43)21-8-10-38(51)24-35)46(58)31-60-48-23-33(15-19-45(48)57)14-18-40-26-37(30-55)47(61-40)13-5-3-2-4-11-39(52)25-36-17-16-34-9-6-7-12-41(34)50(36)59/h6-7,9,12,15-17,19-20,22-23,26-27,32,35-36,38-39,43,46-47,50,53,55-59H,2-5,8,10-11,13-14,18,21,24-25,28-31,52H2,1H3. The first-order valence-electron chi connectivity index (χ1n) is 23.0. The maximum absolute atomic E-state index is 11.4. The van der Waals surface area contributed by atoms with Gasteiger partial charge in [-0.15, -0.1) is 4.99 Å². The molecule has 61 heavy (non-hydrogen) atoms. The Hall–Kier alpha value is -4.03. The van der Waals surface area contributed by atoms with Crippen molar-refractivity contribution in [1.82, 2.24) is 5.32 Å². The normalized spacial score (nSPS) is 28.7. The maximum atomic E-state index is 11.4. The third kappa shape index (κ3) is 9.80. The largest absolute Gasteiger partial charge is 0.592 e. The van der Waals surface area contributed by atoms with Gasteiger partial charge >= 0.3 is 0 Å². The average molecular weight is 834 g/mol. The van der Waals surface area contributed by atoms with Crippen LogP contribution >= 0.6 is 0 Å². The van der Waals surface area contributed by atoms with Crippen molar-refractivity contribution in [1.29, 1.82) is 0 Å². The highest BCUT2D eigenvalue weighted by atomic mass is 16.5. The van der Waals surface area contributed by atoms with Crippen LogP contribution in [0.4, 0.5) is 0 Å². The number of phenolic OH excluding ortho intramolecular Hbond substituents is 1. The zero-order chi connectivity index (χ0) is 42.5. The molecule has 0 saturated heterocycles. The molecule has 8 N–H and O–H groups in total. The molecule has 10 atom stereocenters. The fourth-order valence-corrected chi connectivity index (χ4v) is 11.1. The Balaban J connectivity index is 0.770. The number of hydrogen-bond acceptors (Lipinski definition) is 10. The molecule has 9 rings (SSSR count). The second-order valence-electron chi connectivity index (χ2n) is 18.6. The number of aliphatic hydroxyl groups excluding tert-OH is 4. The number of nitrogens with zero attached hydrogens (tertiary/aromatic N) is 1. The number of rotatable bonds is 21. The number of aromatic hydroxyl groups is 1. The van der Waals surface area contributed by atoms with Crippen molar-refractivity contribution >= 4 is 11.8 Å². The van der Waals surface area contributed by atoms with E-state index in [4.69, 9.17) is 20.2 Å². The summed E-state index contributed by atoms with van der Waals surface area (Å²) in [5.41, 5.74) is 11.9. The highest BCUT2D eigenvalue weighted by Gasteiger charge is 2.59. The lowest BCUT2D eigenvalue weighted by Crippen LogP contribution is -2.41. The van der Waals surface area contributed by atoms with Crippen molar-refractivity contribution in [2.45, 2.75) is 121 Å². The molecule has 2 aromatic carbocycles. The molecule has 0 amide bonds. The fraction of sp³-hybridized carbons (Fsp3) is 0.549. The van der Waals surface area contributed by atoms with Gasteiger partial charge in [0.25, 0.3) is 0 Å². The number of unbranched alkanes of at least 4 members (excludes halogenated alkanes) is 3.